The zero-order valence-electron chi connectivity index (χ0n) is 9.44. The number of amides is 1. The first-order chi connectivity index (χ1) is 8.20. The van der Waals surface area contributed by atoms with Gasteiger partial charge in [-0.3, -0.25) is 19.9 Å². The average Bonchev–Trinajstić information content (AvgIpc) is 2.79. The number of carbonyl (C=O) groups excluding carboxylic acids is 2. The van der Waals surface area contributed by atoms with Crippen molar-refractivity contribution in [2.45, 2.75) is 19.4 Å². The van der Waals surface area contributed by atoms with Crippen molar-refractivity contribution >= 4 is 23.0 Å². The monoisotopic (exact) mass is 253 g/mol. The van der Waals surface area contributed by atoms with E-state index in [-0.39, 0.29) is 5.91 Å². The van der Waals surface area contributed by atoms with Gasteiger partial charge in [0.15, 0.2) is 0 Å². The lowest BCUT2D eigenvalue weighted by molar-refractivity contribution is -0.121. The van der Waals surface area contributed by atoms with E-state index >= 15 is 0 Å². The molecule has 1 aromatic heterocycles. The minimum atomic E-state index is -0.247. The van der Waals surface area contributed by atoms with E-state index in [1.807, 2.05) is 11.4 Å². The van der Waals surface area contributed by atoms with Crippen LogP contribution in [0.2, 0.25) is 0 Å². The van der Waals surface area contributed by atoms with E-state index in [2.05, 4.69) is 10.3 Å². The molecule has 1 amide bonds. The van der Waals surface area contributed by atoms with Crippen LogP contribution < -0.4 is 11.3 Å². The van der Waals surface area contributed by atoms with Crippen molar-refractivity contribution < 1.29 is 9.59 Å². The second kappa shape index (κ2) is 5.39. The standard InChI is InChI=1S/C11H15N3O2S/c12-13-11(16)10-8(3-6-17-10)7-14-4-1-9(15)2-5-14/h3,6H,1-2,4-5,7,12H2,(H,13,16). The van der Waals surface area contributed by atoms with Crippen molar-refractivity contribution in [3.05, 3.63) is 21.9 Å². The lowest BCUT2D eigenvalue weighted by atomic mass is 10.1. The first-order valence-corrected chi connectivity index (χ1v) is 6.40. The number of nitrogen functional groups attached to an aromatic ring is 1. The first kappa shape index (κ1) is 12.2. The van der Waals surface area contributed by atoms with Crippen molar-refractivity contribution in [1.82, 2.24) is 10.3 Å². The number of nitrogens with zero attached hydrogens (tertiary/aromatic N) is 1. The molecule has 0 aromatic carbocycles. The van der Waals surface area contributed by atoms with Crippen molar-refractivity contribution in [3.8, 4) is 0 Å². The number of nitrogens with two attached hydrogens (primary N) is 1. The Bertz CT molecular complexity index is 420. The summed E-state index contributed by atoms with van der Waals surface area (Å²) in [6.07, 6.45) is 1.23. The van der Waals surface area contributed by atoms with Gasteiger partial charge in [0, 0.05) is 32.5 Å². The molecule has 1 aliphatic rings. The summed E-state index contributed by atoms with van der Waals surface area (Å²) in [7, 11) is 0. The third kappa shape index (κ3) is 2.91. The van der Waals surface area contributed by atoms with Crippen LogP contribution in [0.25, 0.3) is 0 Å². The van der Waals surface area contributed by atoms with Crippen molar-refractivity contribution in [1.29, 1.82) is 0 Å². The maximum atomic E-state index is 11.5. The smallest absolute Gasteiger partial charge is 0.275 e. The zero-order valence-corrected chi connectivity index (χ0v) is 10.3. The Labute approximate surface area is 104 Å². The molecule has 0 atom stereocenters. The molecule has 92 valence electrons. The molecule has 1 fully saturated rings. The molecule has 6 heteroatoms. The molecular weight excluding hydrogens is 238 g/mol. The van der Waals surface area contributed by atoms with Gasteiger partial charge < -0.3 is 0 Å². The minimum Gasteiger partial charge on any atom is -0.300 e. The summed E-state index contributed by atoms with van der Waals surface area (Å²) in [5.74, 6) is 5.21. The number of hydrogen-bond donors (Lipinski definition) is 2. The number of Topliss-reactive ketones (excluding diaryl/α,β-unsaturated/α-hetero) is 1. The minimum absolute atomic E-state index is 0.247. The van der Waals surface area contributed by atoms with Crippen LogP contribution in [0.5, 0.6) is 0 Å². The van der Waals surface area contributed by atoms with E-state index in [0.29, 0.717) is 30.0 Å². The number of hydrazine groups is 1. The van der Waals surface area contributed by atoms with Crippen LogP contribution in [0.15, 0.2) is 11.4 Å². The number of piperidine rings is 1. The summed E-state index contributed by atoms with van der Waals surface area (Å²) in [6.45, 7) is 2.26. The Hall–Kier alpha value is -1.24. The Balaban J connectivity index is 2.01. The predicted molar refractivity (Wildman–Crippen MR) is 65.5 cm³/mol. The van der Waals surface area contributed by atoms with Crippen LogP contribution in [-0.4, -0.2) is 29.7 Å². The van der Waals surface area contributed by atoms with Gasteiger partial charge in [0.1, 0.15) is 5.78 Å². The zero-order chi connectivity index (χ0) is 12.3. The van der Waals surface area contributed by atoms with Crippen LogP contribution in [0.4, 0.5) is 0 Å². The van der Waals surface area contributed by atoms with E-state index in [9.17, 15) is 9.59 Å². The molecule has 2 rings (SSSR count). The Morgan fingerprint density at radius 3 is 2.82 bits per heavy atom. The summed E-state index contributed by atoms with van der Waals surface area (Å²) in [5.41, 5.74) is 3.13. The average molecular weight is 253 g/mol. The molecule has 17 heavy (non-hydrogen) atoms. The van der Waals surface area contributed by atoms with E-state index in [1.165, 1.54) is 11.3 Å². The van der Waals surface area contributed by atoms with E-state index in [4.69, 9.17) is 5.84 Å². The quantitative estimate of drug-likeness (QED) is 0.468. The Morgan fingerprint density at radius 2 is 2.18 bits per heavy atom. The number of carbonyl (C=O) groups is 2. The molecule has 0 unspecified atom stereocenters. The second-order valence-corrected chi connectivity index (χ2v) is 4.98. The maximum absolute atomic E-state index is 11.5. The lowest BCUT2D eigenvalue weighted by Crippen LogP contribution is -2.34. The number of likely N-dealkylation sites (tertiary alicyclic amines) is 1. The third-order valence-electron chi connectivity index (χ3n) is 2.89. The van der Waals surface area contributed by atoms with Gasteiger partial charge in [0.05, 0.1) is 4.88 Å². The highest BCUT2D eigenvalue weighted by atomic mass is 32.1. The summed E-state index contributed by atoms with van der Waals surface area (Å²) in [4.78, 5) is 25.5. The van der Waals surface area contributed by atoms with Gasteiger partial charge in [-0.2, -0.15) is 0 Å². The normalized spacial score (nSPS) is 17.1. The van der Waals surface area contributed by atoms with Crippen molar-refractivity contribution in [2.24, 2.45) is 5.84 Å². The van der Waals surface area contributed by atoms with Gasteiger partial charge in [-0.25, -0.2) is 5.84 Å². The number of rotatable bonds is 3. The summed E-state index contributed by atoms with van der Waals surface area (Å²) >= 11 is 1.39. The summed E-state index contributed by atoms with van der Waals surface area (Å²) in [6, 6.07) is 1.94. The lowest BCUT2D eigenvalue weighted by Gasteiger charge is -2.25. The second-order valence-electron chi connectivity index (χ2n) is 4.06. The third-order valence-corrected chi connectivity index (χ3v) is 3.85. The van der Waals surface area contributed by atoms with E-state index in [0.717, 1.165) is 18.7 Å². The van der Waals surface area contributed by atoms with Crippen LogP contribution in [0, 0.1) is 0 Å². The number of ketones is 1. The summed E-state index contributed by atoms with van der Waals surface area (Å²) < 4.78 is 0. The fourth-order valence-electron chi connectivity index (χ4n) is 1.93. The molecule has 2 heterocycles. The van der Waals surface area contributed by atoms with E-state index < -0.39 is 0 Å². The molecule has 1 aliphatic heterocycles. The predicted octanol–water partition coefficient (Wildman–Crippen LogP) is 0.516. The molecule has 3 N–H and O–H groups in total. The number of nitrogens with one attached hydrogen (secondary N) is 1. The van der Waals surface area contributed by atoms with E-state index in [1.54, 1.807) is 0 Å². The van der Waals surface area contributed by atoms with Gasteiger partial charge >= 0.3 is 0 Å². The van der Waals surface area contributed by atoms with Gasteiger partial charge in [-0.15, -0.1) is 11.3 Å². The molecule has 0 aliphatic carbocycles. The van der Waals surface area contributed by atoms with Gasteiger partial charge in [0.2, 0.25) is 0 Å². The van der Waals surface area contributed by atoms with Crippen molar-refractivity contribution in [2.75, 3.05) is 13.1 Å². The highest BCUT2D eigenvalue weighted by Crippen LogP contribution is 2.19. The highest BCUT2D eigenvalue weighted by molar-refractivity contribution is 7.12. The topological polar surface area (TPSA) is 75.4 Å². The number of hydrogen-bond acceptors (Lipinski definition) is 5. The Kier molecular flexibility index (Phi) is 3.88. The molecule has 0 bridgehead atoms. The molecule has 0 radical (unpaired) electrons. The van der Waals surface area contributed by atoms with Crippen LogP contribution in [0.1, 0.15) is 28.1 Å². The molecule has 0 saturated carbocycles. The van der Waals surface area contributed by atoms with Gasteiger partial charge in [0.25, 0.3) is 5.91 Å². The molecular formula is C11H15N3O2S. The first-order valence-electron chi connectivity index (χ1n) is 5.52. The van der Waals surface area contributed by atoms with Gasteiger partial charge in [-0.1, -0.05) is 0 Å². The molecule has 5 nitrogen and oxygen atoms in total. The molecule has 1 aromatic rings. The van der Waals surface area contributed by atoms with Crippen LogP contribution >= 0.6 is 11.3 Å². The largest absolute Gasteiger partial charge is 0.300 e. The molecule has 0 spiro atoms. The SMILES string of the molecule is NNC(=O)c1sccc1CN1CCC(=O)CC1. The fraction of sp³-hybridized carbons (Fsp3) is 0.455. The molecule has 1 saturated heterocycles. The van der Waals surface area contributed by atoms with Crippen molar-refractivity contribution in [3.63, 3.8) is 0 Å². The van der Waals surface area contributed by atoms with Crippen LogP contribution in [-0.2, 0) is 11.3 Å². The maximum Gasteiger partial charge on any atom is 0.275 e. The Morgan fingerprint density at radius 1 is 1.47 bits per heavy atom. The van der Waals surface area contributed by atoms with Gasteiger partial charge in [-0.05, 0) is 17.0 Å². The fourth-order valence-corrected chi connectivity index (χ4v) is 2.74. The summed E-state index contributed by atoms with van der Waals surface area (Å²) in [5, 5.41) is 1.88. The van der Waals surface area contributed by atoms with Crippen LogP contribution in [0.3, 0.4) is 0 Å². The highest BCUT2D eigenvalue weighted by Gasteiger charge is 2.19. The number of thiophene rings is 1.